The van der Waals surface area contributed by atoms with Crippen LogP contribution in [0.3, 0.4) is 0 Å². The molecule has 0 aliphatic rings. The predicted molar refractivity (Wildman–Crippen MR) is 117 cm³/mol. The summed E-state index contributed by atoms with van der Waals surface area (Å²) in [6.45, 7) is 9.43. The lowest BCUT2D eigenvalue weighted by molar-refractivity contribution is -0.0000239. The summed E-state index contributed by atoms with van der Waals surface area (Å²) in [5.74, 6) is -0.137. The molecule has 0 unspecified atom stereocenters. The number of hydrogen-bond donors (Lipinski definition) is 0. The van der Waals surface area contributed by atoms with Crippen LogP contribution in [-0.4, -0.2) is 31.1 Å². The highest BCUT2D eigenvalue weighted by Crippen LogP contribution is 2.63. The Morgan fingerprint density at radius 3 is 1.85 bits per heavy atom. The number of benzene rings is 1. The maximum atomic E-state index is 12.5. The molecule has 0 saturated carbocycles. The van der Waals surface area contributed by atoms with Crippen molar-refractivity contribution in [2.24, 2.45) is 0 Å². The van der Waals surface area contributed by atoms with E-state index in [4.69, 9.17) is 4.74 Å². The van der Waals surface area contributed by atoms with Crippen LogP contribution in [0.2, 0.25) is 0 Å². The first kappa shape index (κ1) is 26.6. The summed E-state index contributed by atoms with van der Waals surface area (Å²) in [5, 5.41) is 0. The lowest BCUT2D eigenvalue weighted by Crippen LogP contribution is -3.00. The van der Waals surface area contributed by atoms with E-state index in [1.165, 1.54) is 62.6 Å². The van der Waals surface area contributed by atoms with Gasteiger partial charge in [-0.25, -0.2) is 4.79 Å². The van der Waals surface area contributed by atoms with E-state index in [9.17, 15) is 4.79 Å². The van der Waals surface area contributed by atoms with E-state index in [2.05, 4.69) is 32.9 Å². The number of rotatable bonds is 14. The van der Waals surface area contributed by atoms with Crippen LogP contribution in [0.5, 0.6) is 0 Å². The molecule has 27 heavy (non-hydrogen) atoms. The van der Waals surface area contributed by atoms with Crippen molar-refractivity contribution >= 4 is 13.2 Å². The zero-order valence-electron chi connectivity index (χ0n) is 17.9. The van der Waals surface area contributed by atoms with E-state index < -0.39 is 7.26 Å². The van der Waals surface area contributed by atoms with Gasteiger partial charge < -0.3 is 21.7 Å². The van der Waals surface area contributed by atoms with Gasteiger partial charge in [0.2, 0.25) is 0 Å². The molecule has 1 rings (SSSR count). The van der Waals surface area contributed by atoms with E-state index in [1.54, 1.807) is 0 Å². The number of esters is 1. The van der Waals surface area contributed by atoms with Gasteiger partial charge in [0.1, 0.15) is 0 Å². The molecule has 4 heteroatoms. The molecule has 0 aliphatic carbocycles. The Morgan fingerprint density at radius 1 is 0.852 bits per heavy atom. The molecule has 0 bridgehead atoms. The van der Waals surface area contributed by atoms with E-state index in [1.807, 2.05) is 19.1 Å². The fourth-order valence-corrected chi connectivity index (χ4v) is 8.65. The highest BCUT2D eigenvalue weighted by Gasteiger charge is 2.36. The van der Waals surface area contributed by atoms with E-state index in [-0.39, 0.29) is 23.0 Å². The molecule has 0 radical (unpaired) electrons. The Morgan fingerprint density at radius 2 is 1.37 bits per heavy atom. The lowest BCUT2D eigenvalue weighted by atomic mass is 10.1. The van der Waals surface area contributed by atoms with Crippen LogP contribution in [-0.2, 0) is 10.9 Å². The monoisotopic (exact) mass is 458 g/mol. The van der Waals surface area contributed by atoms with E-state index >= 15 is 0 Å². The first-order valence-electron chi connectivity index (χ1n) is 10.7. The van der Waals surface area contributed by atoms with Gasteiger partial charge in [-0.1, -0.05) is 65.2 Å². The van der Waals surface area contributed by atoms with Gasteiger partial charge in [0.05, 0.1) is 36.8 Å². The minimum atomic E-state index is -1.07. The fraction of sp³-hybridized carbons (Fsp3) is 0.696. The second-order valence-electron chi connectivity index (χ2n) is 7.52. The fourth-order valence-electron chi connectivity index (χ4n) is 3.54. The zero-order valence-corrected chi connectivity index (χ0v) is 20.4. The van der Waals surface area contributed by atoms with Crippen molar-refractivity contribution in [3.8, 4) is 0 Å². The van der Waals surface area contributed by atoms with Crippen LogP contribution >= 0.6 is 7.26 Å². The van der Waals surface area contributed by atoms with Gasteiger partial charge in [-0.05, 0) is 31.7 Å². The number of ether oxygens (including phenoxy) is 1. The number of carbonyl (C=O) groups excluding carboxylic acids is 1. The normalized spacial score (nSPS) is 11.1. The topological polar surface area (TPSA) is 26.3 Å². The van der Waals surface area contributed by atoms with Crippen molar-refractivity contribution in [2.75, 3.05) is 25.1 Å². The summed E-state index contributed by atoms with van der Waals surface area (Å²) in [7, 11) is -1.07. The van der Waals surface area contributed by atoms with Gasteiger partial charge in [-0.3, -0.25) is 0 Å². The Hall–Kier alpha value is -0.400. The lowest BCUT2D eigenvalue weighted by Gasteiger charge is -2.28. The molecule has 0 saturated heterocycles. The number of hydrogen-bond acceptors (Lipinski definition) is 2. The molecule has 1 aromatic carbocycles. The second-order valence-corrected chi connectivity index (χ2v) is 11.9. The number of carbonyl (C=O) groups is 1. The molecule has 0 aromatic heterocycles. The summed E-state index contributed by atoms with van der Waals surface area (Å²) in [6, 6.07) is 8.18. The average Bonchev–Trinajstić information content (AvgIpc) is 2.67. The summed E-state index contributed by atoms with van der Waals surface area (Å²) >= 11 is 0. The summed E-state index contributed by atoms with van der Waals surface area (Å²) in [6.07, 6.45) is 13.9. The average molecular weight is 459 g/mol. The molecular formula is C23H40BrO2P. The van der Waals surface area contributed by atoms with Gasteiger partial charge in [-0.15, -0.1) is 0 Å². The zero-order chi connectivity index (χ0) is 19.3. The molecule has 0 amide bonds. The van der Waals surface area contributed by atoms with Crippen LogP contribution in [0, 0.1) is 0 Å². The highest BCUT2D eigenvalue weighted by molar-refractivity contribution is 7.75. The van der Waals surface area contributed by atoms with Gasteiger partial charge in [-0.2, -0.15) is 0 Å². The quantitative estimate of drug-likeness (QED) is 0.308. The van der Waals surface area contributed by atoms with Crippen molar-refractivity contribution in [1.82, 2.24) is 0 Å². The Labute approximate surface area is 179 Å². The van der Waals surface area contributed by atoms with Gasteiger partial charge in [0.15, 0.2) is 0 Å². The van der Waals surface area contributed by atoms with Crippen LogP contribution in [0.1, 0.15) is 88.6 Å². The van der Waals surface area contributed by atoms with Crippen molar-refractivity contribution in [2.45, 2.75) is 78.8 Å². The van der Waals surface area contributed by atoms with E-state index in [0.29, 0.717) is 6.61 Å². The van der Waals surface area contributed by atoms with Crippen molar-refractivity contribution in [1.29, 1.82) is 0 Å². The van der Waals surface area contributed by atoms with Crippen LogP contribution < -0.4 is 17.0 Å². The minimum absolute atomic E-state index is 0. The van der Waals surface area contributed by atoms with Crippen LogP contribution in [0.25, 0.3) is 0 Å². The maximum absolute atomic E-state index is 12.5. The molecule has 0 fully saturated rings. The first-order valence-corrected chi connectivity index (χ1v) is 13.3. The first-order chi connectivity index (χ1) is 12.6. The van der Waals surface area contributed by atoms with Crippen molar-refractivity contribution in [3.63, 3.8) is 0 Å². The molecule has 156 valence electrons. The van der Waals surface area contributed by atoms with Crippen LogP contribution in [0.4, 0.5) is 0 Å². The Balaban J connectivity index is 0.00000676. The van der Waals surface area contributed by atoms with Crippen molar-refractivity contribution in [3.05, 3.63) is 35.4 Å². The molecule has 0 N–H and O–H groups in total. The molecular weight excluding hydrogens is 419 g/mol. The number of halogens is 1. The largest absolute Gasteiger partial charge is 1.00 e. The molecule has 2 nitrogen and oxygen atoms in total. The predicted octanol–water partition coefficient (Wildman–Crippen LogP) is 4.18. The molecule has 0 aliphatic heterocycles. The Kier molecular flexibility index (Phi) is 15.3. The van der Waals surface area contributed by atoms with E-state index in [0.717, 1.165) is 18.1 Å². The van der Waals surface area contributed by atoms with Crippen LogP contribution in [0.15, 0.2) is 24.3 Å². The Bertz CT molecular complexity index is 497. The standard InChI is InChI=1S/C23H40O2P.BrH/c1-5-9-17-26(18-10-6-2,19-11-7-3)20-21-14-12-13-15-22(21)23(24)25-16-8-4;/h12-15H,5-11,16-20H2,1-4H3;1H/q+1;/p-1. The van der Waals surface area contributed by atoms with Gasteiger partial charge in [0, 0.05) is 12.8 Å². The van der Waals surface area contributed by atoms with Gasteiger partial charge in [0.25, 0.3) is 0 Å². The third-order valence-electron chi connectivity index (χ3n) is 5.14. The molecule has 0 heterocycles. The SMILES string of the molecule is CCCC[P+](CCCC)(CCCC)Cc1ccccc1C(=O)OCCC.[Br-]. The summed E-state index contributed by atoms with van der Waals surface area (Å²) in [5.41, 5.74) is 2.03. The van der Waals surface area contributed by atoms with Crippen molar-refractivity contribution < 1.29 is 26.5 Å². The summed E-state index contributed by atoms with van der Waals surface area (Å²) < 4.78 is 5.45. The van der Waals surface area contributed by atoms with Gasteiger partial charge >= 0.3 is 5.97 Å². The maximum Gasteiger partial charge on any atom is 0.338 e. The second kappa shape index (κ2) is 15.5. The highest BCUT2D eigenvalue weighted by atomic mass is 79.9. The molecule has 1 aromatic rings. The third kappa shape index (κ3) is 9.57. The smallest absolute Gasteiger partial charge is 0.338 e. The summed E-state index contributed by atoms with van der Waals surface area (Å²) in [4.78, 5) is 12.5. The minimum Gasteiger partial charge on any atom is -1.00 e. The molecule has 0 spiro atoms. The molecule has 0 atom stereocenters. The third-order valence-corrected chi connectivity index (χ3v) is 9.94. The number of unbranched alkanes of at least 4 members (excludes halogenated alkanes) is 3.